The van der Waals surface area contributed by atoms with Gasteiger partial charge in [0.1, 0.15) is 0 Å². The normalized spacial score (nSPS) is 30.1. The molecule has 5 unspecified atom stereocenters. The van der Waals surface area contributed by atoms with Gasteiger partial charge in [0.25, 0.3) is 5.91 Å². The van der Waals surface area contributed by atoms with Crippen LogP contribution in [0.3, 0.4) is 0 Å². The number of anilines is 1. The van der Waals surface area contributed by atoms with Crippen LogP contribution in [0.25, 0.3) is 0 Å². The van der Waals surface area contributed by atoms with Crippen LogP contribution in [-0.4, -0.2) is 29.1 Å². The molecule has 2 fully saturated rings. The number of fused-ring (bicyclic) bond motifs is 1. The lowest BCUT2D eigenvalue weighted by molar-refractivity contribution is 0.0329. The van der Waals surface area contributed by atoms with Crippen molar-refractivity contribution in [2.45, 2.75) is 44.6 Å². The molecule has 2 aromatic rings. The molecule has 5 atom stereocenters. The third kappa shape index (κ3) is 3.96. The Morgan fingerprint density at radius 1 is 1.33 bits per heavy atom. The van der Waals surface area contributed by atoms with Crippen molar-refractivity contribution in [3.63, 3.8) is 0 Å². The quantitative estimate of drug-likeness (QED) is 0.704. The average molecular weight is 450 g/mol. The minimum absolute atomic E-state index is 0.181. The number of amides is 1. The summed E-state index contributed by atoms with van der Waals surface area (Å²) in [5, 5.41) is 5.70. The van der Waals surface area contributed by atoms with Gasteiger partial charge in [-0.3, -0.25) is 15.1 Å². The van der Waals surface area contributed by atoms with Crippen LogP contribution >= 0.6 is 27.3 Å². The van der Waals surface area contributed by atoms with Crippen LogP contribution in [0.4, 0.5) is 5.13 Å². The van der Waals surface area contributed by atoms with E-state index in [1.54, 1.807) is 18.5 Å². The second-order valence-corrected chi connectivity index (χ2v) is 9.53. The summed E-state index contributed by atoms with van der Waals surface area (Å²) >= 11 is 4.85. The van der Waals surface area contributed by atoms with Gasteiger partial charge in [-0.2, -0.15) is 0 Å². The highest BCUT2D eigenvalue weighted by atomic mass is 79.9. The number of ether oxygens (including phenoxy) is 1. The zero-order valence-corrected chi connectivity index (χ0v) is 17.9. The molecule has 144 valence electrons. The predicted molar refractivity (Wildman–Crippen MR) is 110 cm³/mol. The van der Waals surface area contributed by atoms with Crippen LogP contribution in [0.1, 0.15) is 54.6 Å². The molecule has 27 heavy (non-hydrogen) atoms. The lowest BCUT2D eigenvalue weighted by Crippen LogP contribution is -2.28. The fraction of sp³-hybridized carbons (Fsp3) is 0.550. The van der Waals surface area contributed by atoms with Gasteiger partial charge >= 0.3 is 0 Å². The summed E-state index contributed by atoms with van der Waals surface area (Å²) < 4.78 is 6.43. The number of thiazole rings is 1. The topological polar surface area (TPSA) is 64.1 Å². The highest BCUT2D eigenvalue weighted by Gasteiger charge is 2.45. The van der Waals surface area contributed by atoms with Crippen molar-refractivity contribution in [2.24, 2.45) is 17.8 Å². The summed E-state index contributed by atoms with van der Waals surface area (Å²) in [6.07, 6.45) is 8.43. The number of carbonyl (C=O) groups excluding carboxylic acids is 1. The minimum Gasteiger partial charge on any atom is -0.381 e. The average Bonchev–Trinajstić information content (AvgIpc) is 3.23. The molecule has 4 rings (SSSR count). The smallest absolute Gasteiger partial charge is 0.259 e. The van der Waals surface area contributed by atoms with E-state index < -0.39 is 0 Å². The summed E-state index contributed by atoms with van der Waals surface area (Å²) in [6, 6.07) is 1.76. The van der Waals surface area contributed by atoms with Gasteiger partial charge in [-0.05, 0) is 65.4 Å². The maximum Gasteiger partial charge on any atom is 0.259 e. The van der Waals surface area contributed by atoms with Crippen molar-refractivity contribution in [3.8, 4) is 0 Å². The maximum atomic E-state index is 12.4. The molecule has 1 amide bonds. The SMILES string of the molecule is COC1CCC2CC(C)C(c3csc(NC(=O)c4cncc(Br)c4)n3)C2C1. The first-order valence-corrected chi connectivity index (χ1v) is 11.1. The van der Waals surface area contributed by atoms with Crippen molar-refractivity contribution in [3.05, 3.63) is 39.6 Å². The molecule has 2 heterocycles. The summed E-state index contributed by atoms with van der Waals surface area (Å²) in [6.45, 7) is 2.34. The zero-order valence-electron chi connectivity index (χ0n) is 15.5. The molecular formula is C20H24BrN3O2S. The fourth-order valence-electron chi connectivity index (χ4n) is 4.93. The Hall–Kier alpha value is -1.31. The van der Waals surface area contributed by atoms with Crippen molar-refractivity contribution in [1.29, 1.82) is 0 Å². The second-order valence-electron chi connectivity index (χ2n) is 7.76. The number of rotatable bonds is 4. The summed E-state index contributed by atoms with van der Waals surface area (Å²) in [4.78, 5) is 21.3. The first kappa shape index (κ1) is 19.0. The number of carbonyl (C=O) groups is 1. The minimum atomic E-state index is -0.181. The predicted octanol–water partition coefficient (Wildman–Crippen LogP) is 5.11. The number of halogens is 1. The molecule has 5 nitrogen and oxygen atoms in total. The summed E-state index contributed by atoms with van der Waals surface area (Å²) in [5.74, 6) is 2.32. The molecule has 0 aliphatic heterocycles. The van der Waals surface area contributed by atoms with Gasteiger partial charge in [0, 0.05) is 35.3 Å². The standard InChI is InChI=1S/C20H24BrN3O2S/c1-11-5-12-3-4-15(26-2)7-16(12)18(11)17-10-27-20(23-17)24-19(25)13-6-14(21)9-22-8-13/h6,8-12,15-16,18H,3-5,7H2,1-2H3,(H,23,24,25). The molecule has 0 bridgehead atoms. The van der Waals surface area contributed by atoms with Crippen molar-refractivity contribution < 1.29 is 9.53 Å². The number of pyridine rings is 1. The fourth-order valence-corrected chi connectivity index (χ4v) is 6.05. The van der Waals surface area contributed by atoms with E-state index in [1.807, 2.05) is 7.11 Å². The Morgan fingerprint density at radius 3 is 2.96 bits per heavy atom. The van der Waals surface area contributed by atoms with Crippen LogP contribution in [0.5, 0.6) is 0 Å². The van der Waals surface area contributed by atoms with E-state index >= 15 is 0 Å². The molecule has 0 aromatic carbocycles. The number of aromatic nitrogens is 2. The molecule has 0 radical (unpaired) electrons. The number of nitrogens with zero attached hydrogens (tertiary/aromatic N) is 2. The molecule has 1 N–H and O–H groups in total. The maximum absolute atomic E-state index is 12.4. The molecule has 2 aromatic heterocycles. The van der Waals surface area contributed by atoms with Crippen molar-refractivity contribution >= 4 is 38.3 Å². The molecular weight excluding hydrogens is 426 g/mol. The highest BCUT2D eigenvalue weighted by Crippen LogP contribution is 2.53. The lowest BCUT2D eigenvalue weighted by atomic mass is 9.75. The Kier molecular flexibility index (Phi) is 5.62. The largest absolute Gasteiger partial charge is 0.381 e. The molecule has 7 heteroatoms. The van der Waals surface area contributed by atoms with Gasteiger partial charge in [0.15, 0.2) is 5.13 Å². The number of methoxy groups -OCH3 is 1. The third-order valence-electron chi connectivity index (χ3n) is 6.13. The van der Waals surface area contributed by atoms with E-state index in [4.69, 9.17) is 9.72 Å². The highest BCUT2D eigenvalue weighted by molar-refractivity contribution is 9.10. The van der Waals surface area contributed by atoms with E-state index in [0.717, 1.165) is 22.5 Å². The van der Waals surface area contributed by atoms with E-state index in [-0.39, 0.29) is 5.91 Å². The van der Waals surface area contributed by atoms with Gasteiger partial charge in [-0.25, -0.2) is 4.98 Å². The Bertz CT molecular complexity index is 827. The van der Waals surface area contributed by atoms with Gasteiger partial charge in [-0.1, -0.05) is 6.92 Å². The van der Waals surface area contributed by atoms with Crippen LogP contribution in [0.15, 0.2) is 28.3 Å². The van der Waals surface area contributed by atoms with E-state index in [1.165, 1.54) is 30.6 Å². The molecule has 0 spiro atoms. The monoisotopic (exact) mass is 449 g/mol. The van der Waals surface area contributed by atoms with Crippen LogP contribution in [0, 0.1) is 17.8 Å². The van der Waals surface area contributed by atoms with Crippen LogP contribution in [-0.2, 0) is 4.74 Å². The first-order chi connectivity index (χ1) is 13.0. The van der Waals surface area contributed by atoms with Crippen LogP contribution < -0.4 is 5.32 Å². The van der Waals surface area contributed by atoms with Gasteiger partial charge < -0.3 is 4.74 Å². The second kappa shape index (κ2) is 7.97. The number of nitrogens with one attached hydrogen (secondary N) is 1. The van der Waals surface area contributed by atoms with Crippen molar-refractivity contribution in [1.82, 2.24) is 9.97 Å². The molecule has 2 saturated carbocycles. The molecule has 2 aliphatic rings. The molecule has 0 saturated heterocycles. The van der Waals surface area contributed by atoms with Gasteiger partial charge in [0.2, 0.25) is 0 Å². The van der Waals surface area contributed by atoms with Crippen molar-refractivity contribution in [2.75, 3.05) is 12.4 Å². The van der Waals surface area contributed by atoms with Gasteiger partial charge in [-0.15, -0.1) is 11.3 Å². The van der Waals surface area contributed by atoms with Gasteiger partial charge in [0.05, 0.1) is 17.4 Å². The van der Waals surface area contributed by atoms with E-state index in [9.17, 15) is 4.79 Å². The Balaban J connectivity index is 1.49. The third-order valence-corrected chi connectivity index (χ3v) is 7.34. The first-order valence-electron chi connectivity index (χ1n) is 9.45. The number of hydrogen-bond acceptors (Lipinski definition) is 5. The Labute approximate surface area is 172 Å². The molecule has 2 aliphatic carbocycles. The zero-order chi connectivity index (χ0) is 19.0. The lowest BCUT2D eigenvalue weighted by Gasteiger charge is -2.33. The summed E-state index contributed by atoms with van der Waals surface area (Å²) in [7, 11) is 1.83. The van der Waals surface area contributed by atoms with Crippen LogP contribution in [0.2, 0.25) is 0 Å². The van der Waals surface area contributed by atoms with E-state index in [2.05, 4.69) is 38.5 Å². The summed E-state index contributed by atoms with van der Waals surface area (Å²) in [5.41, 5.74) is 1.64. The Morgan fingerprint density at radius 2 is 2.19 bits per heavy atom. The number of hydrogen-bond donors (Lipinski definition) is 1. The van der Waals surface area contributed by atoms with E-state index in [0.29, 0.717) is 34.6 Å².